The lowest BCUT2D eigenvalue weighted by molar-refractivity contribution is -0.139. The normalized spacial score (nSPS) is 11.6. The molecule has 0 atom stereocenters. The standard InChI is InChI=1S/C11H14F3NO2/c12-11(13,14)9-6-8(7-15)2-3-10(9)17-5-1-4-16/h2-3,6,16H,1,4-5,7,15H2. The molecule has 0 saturated heterocycles. The minimum atomic E-state index is -4.47. The Hall–Kier alpha value is -1.27. The molecule has 3 nitrogen and oxygen atoms in total. The summed E-state index contributed by atoms with van der Waals surface area (Å²) >= 11 is 0. The van der Waals surface area contributed by atoms with Crippen LogP contribution in [0.3, 0.4) is 0 Å². The van der Waals surface area contributed by atoms with Gasteiger partial charge in [-0.1, -0.05) is 6.07 Å². The van der Waals surface area contributed by atoms with E-state index in [0.717, 1.165) is 6.07 Å². The number of aliphatic hydroxyl groups excluding tert-OH is 1. The summed E-state index contributed by atoms with van der Waals surface area (Å²) in [5, 5.41) is 8.54. The lowest BCUT2D eigenvalue weighted by Gasteiger charge is -2.14. The quantitative estimate of drug-likeness (QED) is 0.784. The molecule has 0 unspecified atom stereocenters. The van der Waals surface area contributed by atoms with Crippen molar-refractivity contribution in [2.24, 2.45) is 5.73 Å². The van der Waals surface area contributed by atoms with Gasteiger partial charge < -0.3 is 15.6 Å². The second-order valence-electron chi connectivity index (χ2n) is 3.46. The van der Waals surface area contributed by atoms with Crippen molar-refractivity contribution in [2.45, 2.75) is 19.1 Å². The first-order valence-electron chi connectivity index (χ1n) is 5.13. The SMILES string of the molecule is NCc1ccc(OCCCO)c(C(F)(F)F)c1. The molecule has 0 aliphatic rings. The van der Waals surface area contributed by atoms with Crippen molar-refractivity contribution < 1.29 is 23.0 Å². The highest BCUT2D eigenvalue weighted by atomic mass is 19.4. The third-order valence-corrected chi connectivity index (χ3v) is 2.15. The fraction of sp³-hybridized carbons (Fsp3) is 0.455. The van der Waals surface area contributed by atoms with E-state index in [2.05, 4.69) is 0 Å². The zero-order chi connectivity index (χ0) is 12.9. The largest absolute Gasteiger partial charge is 0.493 e. The predicted molar refractivity (Wildman–Crippen MR) is 56.5 cm³/mol. The number of rotatable bonds is 5. The molecule has 0 fully saturated rings. The van der Waals surface area contributed by atoms with Crippen LogP contribution in [0.1, 0.15) is 17.5 Å². The van der Waals surface area contributed by atoms with Gasteiger partial charge in [-0.15, -0.1) is 0 Å². The molecule has 6 heteroatoms. The Morgan fingerprint density at radius 1 is 1.29 bits per heavy atom. The zero-order valence-corrected chi connectivity index (χ0v) is 9.13. The number of nitrogens with two attached hydrogens (primary N) is 1. The van der Waals surface area contributed by atoms with Crippen LogP contribution in [0, 0.1) is 0 Å². The van der Waals surface area contributed by atoms with Gasteiger partial charge in [-0.2, -0.15) is 13.2 Å². The van der Waals surface area contributed by atoms with Crippen LogP contribution in [0.25, 0.3) is 0 Å². The monoisotopic (exact) mass is 249 g/mol. The van der Waals surface area contributed by atoms with Crippen molar-refractivity contribution >= 4 is 0 Å². The van der Waals surface area contributed by atoms with Gasteiger partial charge in [0.2, 0.25) is 0 Å². The molecule has 0 aromatic heterocycles. The maximum Gasteiger partial charge on any atom is 0.419 e. The third-order valence-electron chi connectivity index (χ3n) is 2.15. The van der Waals surface area contributed by atoms with Crippen molar-refractivity contribution in [2.75, 3.05) is 13.2 Å². The van der Waals surface area contributed by atoms with E-state index in [0.29, 0.717) is 5.56 Å². The second kappa shape index (κ2) is 5.88. The molecule has 3 N–H and O–H groups in total. The number of hydrogen-bond acceptors (Lipinski definition) is 3. The number of aliphatic hydroxyl groups is 1. The van der Waals surface area contributed by atoms with Gasteiger partial charge in [-0.25, -0.2) is 0 Å². The highest BCUT2D eigenvalue weighted by Crippen LogP contribution is 2.36. The molecule has 0 aliphatic heterocycles. The molecule has 0 heterocycles. The summed E-state index contributed by atoms with van der Waals surface area (Å²) in [4.78, 5) is 0. The van der Waals surface area contributed by atoms with Crippen LogP contribution in [0.15, 0.2) is 18.2 Å². The molecular weight excluding hydrogens is 235 g/mol. The Kier molecular flexibility index (Phi) is 4.77. The lowest BCUT2D eigenvalue weighted by Crippen LogP contribution is -2.11. The van der Waals surface area contributed by atoms with Crippen LogP contribution in [0.2, 0.25) is 0 Å². The molecule has 0 radical (unpaired) electrons. The van der Waals surface area contributed by atoms with E-state index in [-0.39, 0.29) is 31.9 Å². The summed E-state index contributed by atoms with van der Waals surface area (Å²) in [7, 11) is 0. The minimum absolute atomic E-state index is 0.0417. The smallest absolute Gasteiger partial charge is 0.419 e. The maximum atomic E-state index is 12.7. The summed E-state index contributed by atoms with van der Waals surface area (Å²) < 4.78 is 43.1. The van der Waals surface area contributed by atoms with Crippen LogP contribution in [0.4, 0.5) is 13.2 Å². The van der Waals surface area contributed by atoms with Crippen LogP contribution in [-0.2, 0) is 12.7 Å². The fourth-order valence-electron chi connectivity index (χ4n) is 1.30. The van der Waals surface area contributed by atoms with E-state index >= 15 is 0 Å². The van der Waals surface area contributed by atoms with Crippen molar-refractivity contribution in [3.05, 3.63) is 29.3 Å². The molecule has 0 saturated carbocycles. The fourth-order valence-corrected chi connectivity index (χ4v) is 1.30. The van der Waals surface area contributed by atoms with Crippen molar-refractivity contribution in [3.8, 4) is 5.75 Å². The molecule has 0 spiro atoms. The number of halogens is 3. The van der Waals surface area contributed by atoms with Gasteiger partial charge in [0.15, 0.2) is 0 Å². The van der Waals surface area contributed by atoms with E-state index in [1.54, 1.807) is 0 Å². The van der Waals surface area contributed by atoms with E-state index < -0.39 is 11.7 Å². The highest BCUT2D eigenvalue weighted by molar-refractivity contribution is 5.39. The first kappa shape index (κ1) is 13.8. The van der Waals surface area contributed by atoms with E-state index in [1.165, 1.54) is 12.1 Å². The van der Waals surface area contributed by atoms with Crippen LogP contribution in [-0.4, -0.2) is 18.3 Å². The van der Waals surface area contributed by atoms with Crippen molar-refractivity contribution in [1.82, 2.24) is 0 Å². The molecule has 1 rings (SSSR count). The average molecular weight is 249 g/mol. The molecule has 0 amide bonds. The number of ether oxygens (including phenoxy) is 1. The Morgan fingerprint density at radius 3 is 2.53 bits per heavy atom. The van der Waals surface area contributed by atoms with Crippen LogP contribution in [0.5, 0.6) is 5.75 Å². The van der Waals surface area contributed by atoms with E-state index in [9.17, 15) is 13.2 Å². The lowest BCUT2D eigenvalue weighted by atomic mass is 10.1. The first-order chi connectivity index (χ1) is 7.99. The molecule has 0 bridgehead atoms. The summed E-state index contributed by atoms with van der Waals surface area (Å²) in [6.45, 7) is -0.0379. The predicted octanol–water partition coefficient (Wildman–Crippen LogP) is 1.93. The summed E-state index contributed by atoms with van der Waals surface area (Å²) in [6, 6.07) is 3.72. The number of benzene rings is 1. The van der Waals surface area contributed by atoms with Crippen LogP contribution >= 0.6 is 0 Å². The Labute approximate surface area is 97.0 Å². The molecule has 0 aliphatic carbocycles. The van der Waals surface area contributed by atoms with Gasteiger partial charge in [-0.3, -0.25) is 0 Å². The van der Waals surface area contributed by atoms with Gasteiger partial charge in [0, 0.05) is 19.6 Å². The molecular formula is C11H14F3NO2. The van der Waals surface area contributed by atoms with Gasteiger partial charge in [0.25, 0.3) is 0 Å². The zero-order valence-electron chi connectivity index (χ0n) is 9.13. The molecule has 1 aromatic carbocycles. The van der Waals surface area contributed by atoms with E-state index in [4.69, 9.17) is 15.6 Å². The highest BCUT2D eigenvalue weighted by Gasteiger charge is 2.34. The van der Waals surface area contributed by atoms with Gasteiger partial charge >= 0.3 is 6.18 Å². The number of alkyl halides is 3. The van der Waals surface area contributed by atoms with Gasteiger partial charge in [0.1, 0.15) is 5.75 Å². The molecule has 17 heavy (non-hydrogen) atoms. The third kappa shape index (κ3) is 3.90. The van der Waals surface area contributed by atoms with Gasteiger partial charge in [0.05, 0.1) is 12.2 Å². The Balaban J connectivity index is 2.95. The summed E-state index contributed by atoms with van der Waals surface area (Å²) in [5.41, 5.74) is 4.85. The number of hydrogen-bond donors (Lipinski definition) is 2. The molecule has 1 aromatic rings. The summed E-state index contributed by atoms with van der Waals surface area (Å²) in [6.07, 6.45) is -4.18. The molecule has 96 valence electrons. The van der Waals surface area contributed by atoms with Crippen molar-refractivity contribution in [3.63, 3.8) is 0 Å². The average Bonchev–Trinajstić information content (AvgIpc) is 2.28. The van der Waals surface area contributed by atoms with E-state index in [1.807, 2.05) is 0 Å². The Morgan fingerprint density at radius 2 is 2.00 bits per heavy atom. The minimum Gasteiger partial charge on any atom is -0.493 e. The first-order valence-corrected chi connectivity index (χ1v) is 5.13. The van der Waals surface area contributed by atoms with Crippen molar-refractivity contribution in [1.29, 1.82) is 0 Å². The Bertz CT molecular complexity index is 366. The van der Waals surface area contributed by atoms with Gasteiger partial charge in [-0.05, 0) is 17.7 Å². The van der Waals surface area contributed by atoms with Crippen LogP contribution < -0.4 is 10.5 Å². The maximum absolute atomic E-state index is 12.7. The second-order valence-corrected chi connectivity index (χ2v) is 3.46. The topological polar surface area (TPSA) is 55.5 Å². The summed E-state index contributed by atoms with van der Waals surface area (Å²) in [5.74, 6) is -0.233.